The van der Waals surface area contributed by atoms with E-state index in [1.165, 1.54) is 0 Å². The number of fused-ring (bicyclic) bond motifs is 1. The fourth-order valence-electron chi connectivity index (χ4n) is 3.42. The maximum absolute atomic E-state index is 12.6. The summed E-state index contributed by atoms with van der Waals surface area (Å²) in [4.78, 5) is 26.0. The van der Waals surface area contributed by atoms with Crippen LogP contribution in [0.2, 0.25) is 5.02 Å². The second-order valence-electron chi connectivity index (χ2n) is 7.28. The van der Waals surface area contributed by atoms with E-state index in [0.29, 0.717) is 28.3 Å². The molecule has 3 aromatic heterocycles. The lowest BCUT2D eigenvalue weighted by molar-refractivity contribution is -0.117. The molecule has 164 valence electrons. The van der Waals surface area contributed by atoms with Crippen molar-refractivity contribution in [3.63, 3.8) is 0 Å². The standard InChI is InChI=1S/C26H22ClN5O/c1-3-21-23-16-28-12-10-22(23)25(31-19-9-6-7-18(27)14-19)32-24(21)13-17(2)26(33)30-15-20-8-4-5-11-29-20/h3-14,16H,2,15H2,1H3,(H,30,33)(H,31,32)/b21-3-,24-13+. The largest absolute Gasteiger partial charge is 0.346 e. The monoisotopic (exact) mass is 455 g/mol. The maximum Gasteiger partial charge on any atom is 0.251 e. The van der Waals surface area contributed by atoms with Gasteiger partial charge in [-0.2, -0.15) is 0 Å². The Kier molecular flexibility index (Phi) is 6.76. The third-order valence-corrected chi connectivity index (χ3v) is 5.24. The number of pyridine rings is 3. The average Bonchev–Trinajstić information content (AvgIpc) is 2.83. The molecule has 7 heteroatoms. The average molecular weight is 456 g/mol. The summed E-state index contributed by atoms with van der Waals surface area (Å²) < 4.78 is 0. The highest BCUT2D eigenvalue weighted by Crippen LogP contribution is 2.23. The zero-order chi connectivity index (χ0) is 23.2. The van der Waals surface area contributed by atoms with Gasteiger partial charge in [0.1, 0.15) is 5.82 Å². The molecule has 0 radical (unpaired) electrons. The number of carbonyl (C=O) groups is 1. The molecule has 3 heterocycles. The van der Waals surface area contributed by atoms with Gasteiger partial charge in [0.15, 0.2) is 0 Å². The fourth-order valence-corrected chi connectivity index (χ4v) is 3.61. The quantitative estimate of drug-likeness (QED) is 0.431. The van der Waals surface area contributed by atoms with E-state index in [0.717, 1.165) is 27.4 Å². The number of nitrogens with one attached hydrogen (secondary N) is 2. The van der Waals surface area contributed by atoms with Gasteiger partial charge >= 0.3 is 0 Å². The van der Waals surface area contributed by atoms with E-state index in [9.17, 15) is 4.79 Å². The molecule has 1 amide bonds. The van der Waals surface area contributed by atoms with Crippen LogP contribution >= 0.6 is 11.6 Å². The number of halogens is 1. The summed E-state index contributed by atoms with van der Waals surface area (Å²) in [6.45, 7) is 6.19. The van der Waals surface area contributed by atoms with Crippen molar-refractivity contribution in [2.75, 3.05) is 5.32 Å². The molecule has 0 aliphatic heterocycles. The van der Waals surface area contributed by atoms with Gasteiger partial charge in [-0.15, -0.1) is 0 Å². The minimum Gasteiger partial charge on any atom is -0.346 e. The van der Waals surface area contributed by atoms with Crippen molar-refractivity contribution in [1.82, 2.24) is 20.3 Å². The zero-order valence-electron chi connectivity index (χ0n) is 18.0. The number of hydrogen-bond donors (Lipinski definition) is 2. The Morgan fingerprint density at radius 1 is 1.12 bits per heavy atom. The van der Waals surface area contributed by atoms with Gasteiger partial charge in [-0.3, -0.25) is 14.8 Å². The Morgan fingerprint density at radius 2 is 2.00 bits per heavy atom. The first kappa shape index (κ1) is 22.2. The van der Waals surface area contributed by atoms with E-state index in [2.05, 4.69) is 27.2 Å². The molecule has 4 aromatic rings. The number of anilines is 2. The highest BCUT2D eigenvalue weighted by Gasteiger charge is 2.09. The number of carbonyl (C=O) groups excluding carboxylic acids is 1. The maximum atomic E-state index is 12.6. The van der Waals surface area contributed by atoms with Crippen LogP contribution in [0.3, 0.4) is 0 Å². The second-order valence-corrected chi connectivity index (χ2v) is 7.71. The van der Waals surface area contributed by atoms with E-state index in [4.69, 9.17) is 16.6 Å². The van der Waals surface area contributed by atoms with Crippen LogP contribution in [0.5, 0.6) is 0 Å². The molecule has 0 saturated heterocycles. The first-order valence-electron chi connectivity index (χ1n) is 10.4. The summed E-state index contributed by atoms with van der Waals surface area (Å²) in [7, 11) is 0. The number of amides is 1. The van der Waals surface area contributed by atoms with Crippen LogP contribution < -0.4 is 21.2 Å². The minimum absolute atomic E-state index is 0.290. The molecular formula is C26H22ClN5O. The first-order chi connectivity index (χ1) is 16.0. The first-order valence-corrected chi connectivity index (χ1v) is 10.7. The SMILES string of the molecule is C=C(/C=c1/nc(Nc2cccc(Cl)c2)c2ccncc2/c1=C/C)C(=O)NCc1ccccn1. The van der Waals surface area contributed by atoms with Gasteiger partial charge in [-0.05, 0) is 49.4 Å². The van der Waals surface area contributed by atoms with Gasteiger partial charge in [0, 0.05) is 50.9 Å². The Bertz CT molecular complexity index is 1450. The van der Waals surface area contributed by atoms with Crippen LogP contribution in [0.4, 0.5) is 11.5 Å². The van der Waals surface area contributed by atoms with Crippen molar-refractivity contribution < 1.29 is 4.79 Å². The number of nitrogens with zero attached hydrogens (tertiary/aromatic N) is 3. The molecule has 33 heavy (non-hydrogen) atoms. The summed E-state index contributed by atoms with van der Waals surface area (Å²) in [6.07, 6.45) is 8.83. The van der Waals surface area contributed by atoms with Gasteiger partial charge in [0.25, 0.3) is 5.91 Å². The highest BCUT2D eigenvalue weighted by molar-refractivity contribution is 6.30. The van der Waals surface area contributed by atoms with Gasteiger partial charge in [-0.1, -0.05) is 36.4 Å². The van der Waals surface area contributed by atoms with Gasteiger partial charge in [-0.25, -0.2) is 4.98 Å². The predicted octanol–water partition coefficient (Wildman–Crippen LogP) is 3.88. The van der Waals surface area contributed by atoms with E-state index in [1.807, 2.05) is 61.5 Å². The molecule has 0 spiro atoms. The van der Waals surface area contributed by atoms with Crippen LogP contribution in [-0.2, 0) is 11.3 Å². The Labute approximate surface area is 196 Å². The summed E-state index contributed by atoms with van der Waals surface area (Å²) in [5.74, 6) is 0.341. The van der Waals surface area contributed by atoms with E-state index in [1.54, 1.807) is 24.7 Å². The van der Waals surface area contributed by atoms with Crippen molar-refractivity contribution in [3.8, 4) is 0 Å². The smallest absolute Gasteiger partial charge is 0.251 e. The molecule has 1 aromatic carbocycles. The van der Waals surface area contributed by atoms with E-state index < -0.39 is 0 Å². The molecule has 0 saturated carbocycles. The lowest BCUT2D eigenvalue weighted by Gasteiger charge is -2.11. The van der Waals surface area contributed by atoms with Crippen LogP contribution in [0, 0.1) is 0 Å². The van der Waals surface area contributed by atoms with E-state index in [-0.39, 0.29) is 5.91 Å². The molecule has 0 bridgehead atoms. The topological polar surface area (TPSA) is 79.8 Å². The summed E-state index contributed by atoms with van der Waals surface area (Å²) in [5, 5.41) is 10.1. The molecule has 0 atom stereocenters. The van der Waals surface area contributed by atoms with Crippen LogP contribution in [0.1, 0.15) is 12.6 Å². The van der Waals surface area contributed by atoms with Gasteiger partial charge in [0.05, 0.1) is 17.6 Å². The van der Waals surface area contributed by atoms with Gasteiger partial charge in [0.2, 0.25) is 0 Å². The van der Waals surface area contributed by atoms with Crippen LogP contribution in [0.25, 0.3) is 22.9 Å². The van der Waals surface area contributed by atoms with Crippen LogP contribution in [-0.4, -0.2) is 20.9 Å². The third kappa shape index (κ3) is 5.25. The van der Waals surface area contributed by atoms with Crippen molar-refractivity contribution in [2.24, 2.45) is 0 Å². The summed E-state index contributed by atoms with van der Waals surface area (Å²) in [5.41, 5.74) is 1.86. The fraction of sp³-hybridized carbons (Fsp3) is 0.0769. The highest BCUT2D eigenvalue weighted by atomic mass is 35.5. The third-order valence-electron chi connectivity index (χ3n) is 5.01. The number of rotatable bonds is 6. The summed E-state index contributed by atoms with van der Waals surface area (Å²) in [6, 6.07) is 14.9. The molecular weight excluding hydrogens is 434 g/mol. The molecule has 0 fully saturated rings. The van der Waals surface area contributed by atoms with Crippen molar-refractivity contribution in [3.05, 3.63) is 101 Å². The molecule has 4 rings (SSSR count). The number of benzene rings is 1. The molecule has 0 aliphatic carbocycles. The van der Waals surface area contributed by atoms with Crippen molar-refractivity contribution in [2.45, 2.75) is 13.5 Å². The van der Waals surface area contributed by atoms with Crippen molar-refractivity contribution >= 4 is 51.9 Å². The van der Waals surface area contributed by atoms with Crippen molar-refractivity contribution in [1.29, 1.82) is 0 Å². The molecule has 0 unspecified atom stereocenters. The van der Waals surface area contributed by atoms with Gasteiger partial charge < -0.3 is 10.6 Å². The zero-order valence-corrected chi connectivity index (χ0v) is 18.8. The van der Waals surface area contributed by atoms with Crippen LogP contribution in [0.15, 0.2) is 79.3 Å². The lowest BCUT2D eigenvalue weighted by atomic mass is 10.1. The predicted molar refractivity (Wildman–Crippen MR) is 133 cm³/mol. The number of aromatic nitrogens is 3. The Balaban J connectivity index is 1.72. The Morgan fingerprint density at radius 3 is 2.76 bits per heavy atom. The molecule has 6 nitrogen and oxygen atoms in total. The Hall–Kier alpha value is -4.03. The lowest BCUT2D eigenvalue weighted by Crippen LogP contribution is -2.32. The van der Waals surface area contributed by atoms with E-state index >= 15 is 0 Å². The molecule has 2 N–H and O–H groups in total. The molecule has 0 aliphatic rings. The summed E-state index contributed by atoms with van der Waals surface area (Å²) >= 11 is 6.14. The second kappa shape index (κ2) is 10.1. The number of hydrogen-bond acceptors (Lipinski definition) is 5. The minimum atomic E-state index is -0.292. The normalized spacial score (nSPS) is 12.1.